The van der Waals surface area contributed by atoms with Gasteiger partial charge in [0.25, 0.3) is 0 Å². The third-order valence-corrected chi connectivity index (χ3v) is 5.77. The van der Waals surface area contributed by atoms with E-state index in [0.29, 0.717) is 11.8 Å². The molecule has 0 radical (unpaired) electrons. The first-order valence-corrected chi connectivity index (χ1v) is 10.1. The monoisotopic (exact) mass is 387 g/mol. The molecule has 26 heavy (non-hydrogen) atoms. The molecule has 2 aromatic rings. The van der Waals surface area contributed by atoms with E-state index in [1.807, 2.05) is 31.2 Å². The molecule has 0 heterocycles. The molecule has 0 atom stereocenters. The van der Waals surface area contributed by atoms with Gasteiger partial charge in [-0.2, -0.15) is 0 Å². The van der Waals surface area contributed by atoms with E-state index in [2.05, 4.69) is 23.5 Å². The fraction of sp³-hybridized carbons (Fsp3) is 0.409. The summed E-state index contributed by atoms with van der Waals surface area (Å²) in [6, 6.07) is 14.4. The molecule has 0 aliphatic heterocycles. The summed E-state index contributed by atoms with van der Waals surface area (Å²) in [7, 11) is 0. The van der Waals surface area contributed by atoms with Gasteiger partial charge in [0, 0.05) is 17.1 Å². The van der Waals surface area contributed by atoms with Crippen LogP contribution in [0.1, 0.15) is 54.7 Å². The van der Waals surface area contributed by atoms with Crippen molar-refractivity contribution in [2.75, 3.05) is 5.32 Å². The molecule has 0 unspecified atom stereocenters. The van der Waals surface area contributed by atoms with Gasteiger partial charge in [0.1, 0.15) is 0 Å². The second-order valence-electron chi connectivity index (χ2n) is 7.39. The highest BCUT2D eigenvalue weighted by Crippen LogP contribution is 2.37. The topological polar surface area (TPSA) is 32.3 Å². The van der Waals surface area contributed by atoms with Gasteiger partial charge in [0.2, 0.25) is 0 Å². The van der Waals surface area contributed by atoms with E-state index in [9.17, 15) is 0 Å². The van der Waals surface area contributed by atoms with E-state index in [1.54, 1.807) is 0 Å². The molecule has 0 saturated heterocycles. The Morgan fingerprint density at radius 1 is 1.12 bits per heavy atom. The molecule has 1 aliphatic carbocycles. The number of rotatable bonds is 5. The summed E-state index contributed by atoms with van der Waals surface area (Å²) in [5.74, 6) is 1.29. The van der Waals surface area contributed by atoms with Crippen LogP contribution in [0.5, 0.6) is 0 Å². The summed E-state index contributed by atoms with van der Waals surface area (Å²) < 4.78 is 0. The normalized spacial score (nSPS) is 20.0. The largest absolute Gasteiger partial charge is 0.392 e. The molecule has 138 valence electrons. The molecule has 0 spiro atoms. The van der Waals surface area contributed by atoms with Gasteiger partial charge in [0.15, 0.2) is 0 Å². The highest BCUT2D eigenvalue weighted by molar-refractivity contribution is 7.80. The van der Waals surface area contributed by atoms with Crippen molar-refractivity contribution in [3.8, 4) is 0 Å². The van der Waals surface area contributed by atoms with Crippen LogP contribution >= 0.6 is 23.8 Å². The lowest BCUT2D eigenvalue weighted by molar-refractivity contribution is 0.281. The van der Waals surface area contributed by atoms with Crippen molar-refractivity contribution in [2.24, 2.45) is 5.92 Å². The average Bonchev–Trinajstić information content (AvgIpc) is 2.61. The molecule has 2 nitrogen and oxygen atoms in total. The molecule has 0 bridgehead atoms. The van der Waals surface area contributed by atoms with Crippen molar-refractivity contribution in [2.45, 2.75) is 51.6 Å². The SMILES string of the molecule is Cc1cc(Cl)cc(NC(=S)CC2CCC(c3ccc(CO)cc3)CC2)c1. The van der Waals surface area contributed by atoms with Gasteiger partial charge in [-0.1, -0.05) is 48.1 Å². The zero-order valence-corrected chi connectivity index (χ0v) is 16.7. The fourth-order valence-corrected chi connectivity index (χ4v) is 4.52. The van der Waals surface area contributed by atoms with E-state index in [4.69, 9.17) is 28.9 Å². The zero-order chi connectivity index (χ0) is 18.5. The third kappa shape index (κ3) is 5.29. The number of halogens is 1. The molecular weight excluding hydrogens is 362 g/mol. The molecular formula is C22H26ClNOS. The van der Waals surface area contributed by atoms with Crippen molar-refractivity contribution in [3.05, 3.63) is 64.2 Å². The fourth-order valence-electron chi connectivity index (χ4n) is 3.88. The van der Waals surface area contributed by atoms with E-state index in [-0.39, 0.29) is 6.61 Å². The maximum absolute atomic E-state index is 9.17. The van der Waals surface area contributed by atoms with E-state index in [1.165, 1.54) is 31.2 Å². The number of aliphatic hydroxyl groups excluding tert-OH is 1. The first-order chi connectivity index (χ1) is 12.5. The smallest absolute Gasteiger partial charge is 0.0800 e. The highest BCUT2D eigenvalue weighted by atomic mass is 35.5. The Balaban J connectivity index is 1.49. The second kappa shape index (κ2) is 8.98. The summed E-state index contributed by atoms with van der Waals surface area (Å²) in [5.41, 5.74) is 4.50. The van der Waals surface area contributed by atoms with Crippen molar-refractivity contribution in [3.63, 3.8) is 0 Å². The number of benzene rings is 2. The number of nitrogens with one attached hydrogen (secondary N) is 1. The van der Waals surface area contributed by atoms with Crippen LogP contribution in [-0.4, -0.2) is 10.1 Å². The Kier molecular flexibility index (Phi) is 6.68. The van der Waals surface area contributed by atoms with Crippen molar-refractivity contribution < 1.29 is 5.11 Å². The van der Waals surface area contributed by atoms with Gasteiger partial charge in [-0.25, -0.2) is 0 Å². The molecule has 1 saturated carbocycles. The first-order valence-electron chi connectivity index (χ1n) is 9.30. The molecule has 0 amide bonds. The lowest BCUT2D eigenvalue weighted by Gasteiger charge is -2.29. The minimum atomic E-state index is 0.115. The molecule has 3 rings (SSSR count). The highest BCUT2D eigenvalue weighted by Gasteiger charge is 2.23. The van der Waals surface area contributed by atoms with Crippen molar-refractivity contribution in [1.29, 1.82) is 0 Å². The molecule has 2 aromatic carbocycles. The van der Waals surface area contributed by atoms with Crippen LogP contribution in [0.3, 0.4) is 0 Å². The number of aryl methyl sites for hydroxylation is 1. The van der Waals surface area contributed by atoms with Crippen LogP contribution < -0.4 is 5.32 Å². The standard InChI is InChI=1S/C22H26ClNOS/c1-15-10-20(23)13-21(11-15)24-22(26)12-16-2-6-18(7-3-16)19-8-4-17(14-25)5-9-19/h4-5,8-11,13,16,18,25H,2-3,6-7,12,14H2,1H3,(H,24,26). The van der Waals surface area contributed by atoms with Crippen LogP contribution in [0.25, 0.3) is 0 Å². The summed E-state index contributed by atoms with van der Waals surface area (Å²) in [6.07, 6.45) is 5.78. The van der Waals surface area contributed by atoms with E-state index < -0.39 is 0 Å². The average molecular weight is 388 g/mol. The van der Waals surface area contributed by atoms with Gasteiger partial charge in [0.05, 0.1) is 11.6 Å². The number of anilines is 1. The summed E-state index contributed by atoms with van der Waals surface area (Å²) in [5, 5.41) is 13.3. The van der Waals surface area contributed by atoms with Gasteiger partial charge in [-0.15, -0.1) is 0 Å². The molecule has 1 aliphatic rings. The van der Waals surface area contributed by atoms with E-state index >= 15 is 0 Å². The summed E-state index contributed by atoms with van der Waals surface area (Å²) in [4.78, 5) is 0.905. The summed E-state index contributed by atoms with van der Waals surface area (Å²) >= 11 is 11.7. The number of thiocarbonyl (C=S) groups is 1. The zero-order valence-electron chi connectivity index (χ0n) is 15.2. The van der Waals surface area contributed by atoms with Crippen LogP contribution in [0.2, 0.25) is 5.02 Å². The molecule has 2 N–H and O–H groups in total. The Hall–Kier alpha value is -1.42. The summed E-state index contributed by atoms with van der Waals surface area (Å²) in [6.45, 7) is 2.15. The minimum absolute atomic E-state index is 0.115. The number of aliphatic hydroxyl groups is 1. The Morgan fingerprint density at radius 3 is 2.42 bits per heavy atom. The third-order valence-electron chi connectivity index (χ3n) is 5.28. The van der Waals surface area contributed by atoms with Gasteiger partial charge >= 0.3 is 0 Å². The van der Waals surface area contributed by atoms with Crippen LogP contribution in [0.4, 0.5) is 5.69 Å². The van der Waals surface area contributed by atoms with Crippen LogP contribution in [0, 0.1) is 12.8 Å². The van der Waals surface area contributed by atoms with Crippen LogP contribution in [-0.2, 0) is 6.61 Å². The maximum atomic E-state index is 9.17. The number of hydrogen-bond acceptors (Lipinski definition) is 2. The van der Waals surface area contributed by atoms with Crippen molar-refractivity contribution in [1.82, 2.24) is 0 Å². The second-order valence-corrected chi connectivity index (χ2v) is 8.32. The first kappa shape index (κ1) is 19.3. The maximum Gasteiger partial charge on any atom is 0.0800 e. The predicted molar refractivity (Wildman–Crippen MR) is 114 cm³/mol. The van der Waals surface area contributed by atoms with Gasteiger partial charge in [-0.3, -0.25) is 0 Å². The lowest BCUT2D eigenvalue weighted by atomic mass is 9.77. The van der Waals surface area contributed by atoms with E-state index in [0.717, 1.165) is 33.2 Å². The van der Waals surface area contributed by atoms with Crippen LogP contribution in [0.15, 0.2) is 42.5 Å². The molecule has 0 aromatic heterocycles. The Labute approximate surface area is 166 Å². The van der Waals surface area contributed by atoms with Gasteiger partial charge < -0.3 is 10.4 Å². The quantitative estimate of drug-likeness (QED) is 0.595. The Bertz CT molecular complexity index is 731. The predicted octanol–water partition coefficient (Wildman–Crippen LogP) is 6.24. The molecule has 4 heteroatoms. The number of hydrogen-bond donors (Lipinski definition) is 2. The Morgan fingerprint density at radius 2 is 1.81 bits per heavy atom. The van der Waals surface area contributed by atoms with Gasteiger partial charge in [-0.05, 0) is 79.3 Å². The van der Waals surface area contributed by atoms with Crippen molar-refractivity contribution >= 4 is 34.5 Å². The lowest BCUT2D eigenvalue weighted by Crippen LogP contribution is -2.19. The molecule has 1 fully saturated rings. The minimum Gasteiger partial charge on any atom is -0.392 e.